The standard InChI is InChI=1S/C19H32.Ca/c1-2-3-4-5-6-7-8-9-10-11-13-16-19-17-14-12-15-18-19;/h12,14-15,17-18H,2-11,13,16H2,1H3;. The fraction of sp³-hybridized carbons (Fsp3) is 0.684. The summed E-state index contributed by atoms with van der Waals surface area (Å²) < 4.78 is 0. The third kappa shape index (κ3) is 12.2. The number of rotatable bonds is 12. The molecule has 20 heavy (non-hydrogen) atoms. The number of hydrogen-bond donors (Lipinski definition) is 0. The van der Waals surface area contributed by atoms with Crippen LogP contribution in [-0.4, -0.2) is 37.7 Å². The van der Waals surface area contributed by atoms with Crippen molar-refractivity contribution in [3.63, 3.8) is 0 Å². The third-order valence-electron chi connectivity index (χ3n) is 3.91. The quantitative estimate of drug-likeness (QED) is 0.320. The van der Waals surface area contributed by atoms with Crippen molar-refractivity contribution in [3.8, 4) is 0 Å². The van der Waals surface area contributed by atoms with E-state index in [1.165, 1.54) is 82.6 Å². The molecule has 0 aliphatic carbocycles. The van der Waals surface area contributed by atoms with Crippen LogP contribution in [0.15, 0.2) is 30.3 Å². The molecule has 0 bridgehead atoms. The molecule has 0 N–H and O–H groups in total. The summed E-state index contributed by atoms with van der Waals surface area (Å²) in [7, 11) is 0. The molecule has 0 aliphatic rings. The Labute approximate surface area is 156 Å². The zero-order chi connectivity index (χ0) is 13.6. The zero-order valence-electron chi connectivity index (χ0n) is 13.6. The molecular formula is C19H32Ca. The van der Waals surface area contributed by atoms with Gasteiger partial charge in [0.05, 0.1) is 0 Å². The van der Waals surface area contributed by atoms with Crippen LogP contribution in [0.1, 0.15) is 83.1 Å². The van der Waals surface area contributed by atoms with Crippen molar-refractivity contribution in [2.45, 2.75) is 84.0 Å². The number of hydrogen-bond acceptors (Lipinski definition) is 0. The van der Waals surface area contributed by atoms with E-state index in [1.807, 2.05) is 0 Å². The summed E-state index contributed by atoms with van der Waals surface area (Å²) in [6.07, 6.45) is 17.0. The van der Waals surface area contributed by atoms with Crippen LogP contribution < -0.4 is 0 Å². The molecule has 0 atom stereocenters. The van der Waals surface area contributed by atoms with E-state index in [0.717, 1.165) is 0 Å². The van der Waals surface area contributed by atoms with E-state index in [9.17, 15) is 0 Å². The molecule has 0 saturated heterocycles. The predicted octanol–water partition coefficient (Wildman–Crippen LogP) is 6.16. The van der Waals surface area contributed by atoms with Gasteiger partial charge in [-0.2, -0.15) is 0 Å². The molecule has 0 amide bonds. The fourth-order valence-corrected chi connectivity index (χ4v) is 2.64. The largest absolute Gasteiger partial charge is 0.0654 e. The Bertz CT molecular complexity index is 281. The van der Waals surface area contributed by atoms with Crippen molar-refractivity contribution in [1.82, 2.24) is 0 Å². The summed E-state index contributed by atoms with van der Waals surface area (Å²) in [6.45, 7) is 2.29. The van der Waals surface area contributed by atoms with E-state index >= 15 is 0 Å². The van der Waals surface area contributed by atoms with Gasteiger partial charge in [0, 0.05) is 37.7 Å². The maximum absolute atomic E-state index is 2.29. The van der Waals surface area contributed by atoms with E-state index in [4.69, 9.17) is 0 Å². The molecular weight excluding hydrogens is 268 g/mol. The first-order chi connectivity index (χ1) is 9.43. The predicted molar refractivity (Wildman–Crippen MR) is 92.4 cm³/mol. The number of unbranched alkanes of at least 4 members (excludes halogenated alkanes) is 10. The van der Waals surface area contributed by atoms with Crippen molar-refractivity contribution in [2.24, 2.45) is 0 Å². The Hall–Kier alpha value is 0.480. The van der Waals surface area contributed by atoms with E-state index < -0.39 is 0 Å². The summed E-state index contributed by atoms with van der Waals surface area (Å²) in [4.78, 5) is 0. The van der Waals surface area contributed by atoms with Crippen LogP contribution >= 0.6 is 0 Å². The van der Waals surface area contributed by atoms with Crippen LogP contribution in [0, 0.1) is 0 Å². The summed E-state index contributed by atoms with van der Waals surface area (Å²) in [6, 6.07) is 10.9. The molecule has 0 aromatic heterocycles. The van der Waals surface area contributed by atoms with E-state index in [0.29, 0.717) is 0 Å². The molecule has 0 spiro atoms. The summed E-state index contributed by atoms with van der Waals surface area (Å²) in [5.74, 6) is 0. The summed E-state index contributed by atoms with van der Waals surface area (Å²) in [5, 5.41) is 0. The Morgan fingerprint density at radius 1 is 0.600 bits per heavy atom. The van der Waals surface area contributed by atoms with Crippen molar-refractivity contribution in [3.05, 3.63) is 35.9 Å². The van der Waals surface area contributed by atoms with E-state index in [1.54, 1.807) is 0 Å². The molecule has 1 aromatic rings. The molecule has 110 valence electrons. The maximum Gasteiger partial charge on any atom is 0 e. The van der Waals surface area contributed by atoms with Crippen LogP contribution in [0.5, 0.6) is 0 Å². The Morgan fingerprint density at radius 3 is 1.55 bits per heavy atom. The smallest absolute Gasteiger partial charge is 0 e. The van der Waals surface area contributed by atoms with Gasteiger partial charge in [-0.3, -0.25) is 0 Å². The van der Waals surface area contributed by atoms with Gasteiger partial charge in [-0.05, 0) is 18.4 Å². The molecule has 0 heterocycles. The first kappa shape index (κ1) is 20.5. The first-order valence-corrected chi connectivity index (χ1v) is 8.47. The monoisotopic (exact) mass is 300 g/mol. The van der Waals surface area contributed by atoms with Crippen molar-refractivity contribution < 1.29 is 0 Å². The average molecular weight is 301 g/mol. The summed E-state index contributed by atoms with van der Waals surface area (Å²) >= 11 is 0. The molecule has 1 heteroatoms. The third-order valence-corrected chi connectivity index (χ3v) is 3.91. The van der Waals surface area contributed by atoms with Gasteiger partial charge in [-0.25, -0.2) is 0 Å². The van der Waals surface area contributed by atoms with Gasteiger partial charge in [0.2, 0.25) is 0 Å². The van der Waals surface area contributed by atoms with Crippen LogP contribution in [-0.2, 0) is 6.42 Å². The topological polar surface area (TPSA) is 0 Å². The van der Waals surface area contributed by atoms with Crippen molar-refractivity contribution in [1.29, 1.82) is 0 Å². The van der Waals surface area contributed by atoms with Gasteiger partial charge in [-0.1, -0.05) is 101 Å². The van der Waals surface area contributed by atoms with Crippen LogP contribution in [0.3, 0.4) is 0 Å². The van der Waals surface area contributed by atoms with Gasteiger partial charge in [-0.15, -0.1) is 0 Å². The van der Waals surface area contributed by atoms with Crippen LogP contribution in [0.2, 0.25) is 0 Å². The minimum Gasteiger partial charge on any atom is -0.0654 e. The SMILES string of the molecule is CCCCCCCCCCCCCc1ccccc1.[Ca]. The normalized spacial score (nSPS) is 10.2. The number of aryl methyl sites for hydroxylation is 1. The van der Waals surface area contributed by atoms with Crippen LogP contribution in [0.25, 0.3) is 0 Å². The second kappa shape index (κ2) is 15.9. The maximum atomic E-state index is 2.29. The van der Waals surface area contributed by atoms with Gasteiger partial charge in [0.25, 0.3) is 0 Å². The average Bonchev–Trinajstić information content (AvgIpc) is 2.46. The molecule has 0 fully saturated rings. The Kier molecular flexibility index (Phi) is 16.2. The van der Waals surface area contributed by atoms with E-state index in [2.05, 4.69) is 37.3 Å². The molecule has 0 nitrogen and oxygen atoms in total. The van der Waals surface area contributed by atoms with E-state index in [-0.39, 0.29) is 37.7 Å². The molecule has 0 saturated carbocycles. The number of benzene rings is 1. The fourth-order valence-electron chi connectivity index (χ4n) is 2.64. The van der Waals surface area contributed by atoms with Gasteiger partial charge in [0.15, 0.2) is 0 Å². The molecule has 0 aliphatic heterocycles. The molecule has 1 aromatic carbocycles. The second-order valence-electron chi connectivity index (χ2n) is 5.77. The van der Waals surface area contributed by atoms with Crippen molar-refractivity contribution in [2.75, 3.05) is 0 Å². The van der Waals surface area contributed by atoms with Gasteiger partial charge in [0.1, 0.15) is 0 Å². The Morgan fingerprint density at radius 2 is 1.05 bits per heavy atom. The minimum absolute atomic E-state index is 0. The summed E-state index contributed by atoms with van der Waals surface area (Å²) in [5.41, 5.74) is 1.50. The minimum atomic E-state index is 0. The van der Waals surface area contributed by atoms with Crippen molar-refractivity contribution >= 4 is 37.7 Å². The van der Waals surface area contributed by atoms with Gasteiger partial charge < -0.3 is 0 Å². The second-order valence-corrected chi connectivity index (χ2v) is 5.77. The molecule has 2 radical (unpaired) electrons. The van der Waals surface area contributed by atoms with Gasteiger partial charge >= 0.3 is 0 Å². The molecule has 1 rings (SSSR count). The van der Waals surface area contributed by atoms with Crippen LogP contribution in [0.4, 0.5) is 0 Å². The molecule has 0 unspecified atom stereocenters. The zero-order valence-corrected chi connectivity index (χ0v) is 15.8. The first-order valence-electron chi connectivity index (χ1n) is 8.47. The Balaban J connectivity index is 0.00000361.